The highest BCUT2D eigenvalue weighted by Crippen LogP contribution is 2.22. The largest absolute Gasteiger partial charge is 0.463 e. The van der Waals surface area contributed by atoms with Gasteiger partial charge in [-0.3, -0.25) is 4.79 Å². The second-order valence-electron chi connectivity index (χ2n) is 4.50. The Hall–Kier alpha value is -2.01. The number of hydrogen-bond acceptors (Lipinski definition) is 3. The Labute approximate surface area is 111 Å². The van der Waals surface area contributed by atoms with Crippen LogP contribution in [0, 0.1) is 0 Å². The Bertz CT molecular complexity index is 605. The van der Waals surface area contributed by atoms with E-state index in [1.165, 1.54) is 0 Å². The van der Waals surface area contributed by atoms with Crippen LogP contribution in [0.4, 0.5) is 0 Å². The van der Waals surface area contributed by atoms with E-state index in [4.69, 9.17) is 9.15 Å². The molecule has 0 atom stereocenters. The van der Waals surface area contributed by atoms with Gasteiger partial charge in [0.2, 0.25) is 0 Å². The Morgan fingerprint density at radius 3 is 2.95 bits per heavy atom. The average molecular weight is 260 g/mol. The van der Waals surface area contributed by atoms with E-state index in [9.17, 15) is 4.79 Å². The third-order valence-electron chi connectivity index (χ3n) is 3.35. The third kappa shape index (κ3) is 2.06. The lowest BCUT2D eigenvalue weighted by Crippen LogP contribution is -2.41. The molecule has 5 heteroatoms. The molecule has 0 unspecified atom stereocenters. The number of nitrogens with zero attached hydrogens (tertiary/aromatic N) is 2. The van der Waals surface area contributed by atoms with Gasteiger partial charge in [-0.05, 0) is 0 Å². The number of rotatable bonds is 3. The van der Waals surface area contributed by atoms with Gasteiger partial charge in [-0.2, -0.15) is 0 Å². The lowest BCUT2D eigenvalue weighted by Gasteiger charge is -2.27. The number of morpholine rings is 1. The van der Waals surface area contributed by atoms with Crippen molar-refractivity contribution < 1.29 is 13.9 Å². The van der Waals surface area contributed by atoms with Gasteiger partial charge in [0.25, 0.3) is 5.91 Å². The highest BCUT2D eigenvalue weighted by molar-refractivity contribution is 5.97. The summed E-state index contributed by atoms with van der Waals surface area (Å²) in [6.07, 6.45) is 3.41. The molecular formula is C14H16N2O3. The SMILES string of the molecule is C=CCn1c(C(=O)N2CCOCC2)cc2occc21. The molecule has 0 saturated carbocycles. The van der Waals surface area contributed by atoms with Crippen LogP contribution in [0.1, 0.15) is 10.5 Å². The van der Waals surface area contributed by atoms with E-state index >= 15 is 0 Å². The van der Waals surface area contributed by atoms with E-state index in [0.29, 0.717) is 38.5 Å². The van der Waals surface area contributed by atoms with E-state index in [-0.39, 0.29) is 5.91 Å². The fourth-order valence-corrected chi connectivity index (χ4v) is 2.41. The standard InChI is InChI=1S/C14H16N2O3/c1-2-4-16-11-3-7-19-13(11)10-12(16)14(17)15-5-8-18-9-6-15/h2-3,7,10H,1,4-6,8-9H2. The molecule has 0 N–H and O–H groups in total. The number of aromatic nitrogens is 1. The molecule has 3 heterocycles. The predicted molar refractivity (Wildman–Crippen MR) is 71.1 cm³/mol. The van der Waals surface area contributed by atoms with Crippen molar-refractivity contribution in [1.29, 1.82) is 0 Å². The first-order chi connectivity index (χ1) is 9.31. The van der Waals surface area contributed by atoms with Gasteiger partial charge in [0, 0.05) is 31.8 Å². The number of ether oxygens (including phenoxy) is 1. The van der Waals surface area contributed by atoms with Crippen LogP contribution in [0.5, 0.6) is 0 Å². The maximum atomic E-state index is 12.5. The lowest BCUT2D eigenvalue weighted by molar-refractivity contribution is 0.0296. The van der Waals surface area contributed by atoms with Gasteiger partial charge in [-0.1, -0.05) is 6.08 Å². The van der Waals surface area contributed by atoms with Crippen molar-refractivity contribution in [3.8, 4) is 0 Å². The Kier molecular flexibility index (Phi) is 3.13. The molecular weight excluding hydrogens is 244 g/mol. The maximum absolute atomic E-state index is 12.5. The zero-order valence-electron chi connectivity index (χ0n) is 10.7. The van der Waals surface area contributed by atoms with Gasteiger partial charge in [0.15, 0.2) is 5.58 Å². The van der Waals surface area contributed by atoms with Crippen molar-refractivity contribution in [2.45, 2.75) is 6.54 Å². The van der Waals surface area contributed by atoms with Crippen molar-refractivity contribution in [3.63, 3.8) is 0 Å². The minimum Gasteiger partial charge on any atom is -0.463 e. The summed E-state index contributed by atoms with van der Waals surface area (Å²) in [5.74, 6) is 0.0246. The quantitative estimate of drug-likeness (QED) is 0.792. The van der Waals surface area contributed by atoms with E-state index in [2.05, 4.69) is 6.58 Å². The van der Waals surface area contributed by atoms with Crippen LogP contribution < -0.4 is 0 Å². The molecule has 0 aliphatic carbocycles. The van der Waals surface area contributed by atoms with E-state index in [0.717, 1.165) is 11.1 Å². The number of fused-ring (bicyclic) bond motifs is 1. The number of hydrogen-bond donors (Lipinski definition) is 0. The molecule has 1 aliphatic heterocycles. The van der Waals surface area contributed by atoms with Gasteiger partial charge in [0.1, 0.15) is 5.69 Å². The van der Waals surface area contributed by atoms with Crippen LogP contribution in [-0.4, -0.2) is 41.7 Å². The molecule has 5 nitrogen and oxygen atoms in total. The van der Waals surface area contributed by atoms with Crippen LogP contribution in [0.25, 0.3) is 11.1 Å². The maximum Gasteiger partial charge on any atom is 0.270 e. The molecule has 19 heavy (non-hydrogen) atoms. The number of carbonyl (C=O) groups is 1. The summed E-state index contributed by atoms with van der Waals surface area (Å²) >= 11 is 0. The van der Waals surface area contributed by atoms with Crippen molar-refractivity contribution in [2.24, 2.45) is 0 Å². The van der Waals surface area contributed by atoms with Crippen molar-refractivity contribution in [1.82, 2.24) is 9.47 Å². The lowest BCUT2D eigenvalue weighted by atomic mass is 10.3. The molecule has 0 spiro atoms. The number of amides is 1. The Morgan fingerprint density at radius 1 is 1.42 bits per heavy atom. The second-order valence-corrected chi connectivity index (χ2v) is 4.50. The minimum absolute atomic E-state index is 0.0246. The number of carbonyl (C=O) groups excluding carboxylic acids is 1. The van der Waals surface area contributed by atoms with Crippen molar-refractivity contribution >= 4 is 17.0 Å². The normalized spacial score (nSPS) is 15.9. The van der Waals surface area contributed by atoms with E-state index in [1.807, 2.05) is 15.5 Å². The summed E-state index contributed by atoms with van der Waals surface area (Å²) in [5, 5.41) is 0. The monoisotopic (exact) mass is 260 g/mol. The summed E-state index contributed by atoms with van der Waals surface area (Å²) in [5.41, 5.74) is 2.31. The molecule has 1 aliphatic rings. The van der Waals surface area contributed by atoms with Crippen LogP contribution in [0.2, 0.25) is 0 Å². The molecule has 0 radical (unpaired) electrons. The van der Waals surface area contributed by atoms with Crippen LogP contribution >= 0.6 is 0 Å². The zero-order chi connectivity index (χ0) is 13.2. The minimum atomic E-state index is 0.0246. The smallest absolute Gasteiger partial charge is 0.270 e. The van der Waals surface area contributed by atoms with Gasteiger partial charge in [-0.25, -0.2) is 0 Å². The molecule has 0 bridgehead atoms. The van der Waals surface area contributed by atoms with E-state index in [1.54, 1.807) is 18.4 Å². The zero-order valence-corrected chi connectivity index (χ0v) is 10.7. The Morgan fingerprint density at radius 2 is 2.21 bits per heavy atom. The highest BCUT2D eigenvalue weighted by atomic mass is 16.5. The van der Waals surface area contributed by atoms with Gasteiger partial charge < -0.3 is 18.6 Å². The molecule has 1 saturated heterocycles. The molecule has 2 aromatic rings. The van der Waals surface area contributed by atoms with Crippen LogP contribution in [0.3, 0.4) is 0 Å². The first kappa shape index (κ1) is 12.0. The average Bonchev–Trinajstić information content (AvgIpc) is 3.02. The fraction of sp³-hybridized carbons (Fsp3) is 0.357. The number of furan rings is 1. The topological polar surface area (TPSA) is 47.6 Å². The first-order valence-corrected chi connectivity index (χ1v) is 6.36. The third-order valence-corrected chi connectivity index (χ3v) is 3.35. The van der Waals surface area contributed by atoms with E-state index < -0.39 is 0 Å². The van der Waals surface area contributed by atoms with Crippen molar-refractivity contribution in [2.75, 3.05) is 26.3 Å². The fourth-order valence-electron chi connectivity index (χ4n) is 2.41. The molecule has 1 amide bonds. The molecule has 3 rings (SSSR count). The van der Waals surface area contributed by atoms with Crippen molar-refractivity contribution in [3.05, 3.63) is 36.7 Å². The number of allylic oxidation sites excluding steroid dienone is 1. The molecule has 2 aromatic heterocycles. The highest BCUT2D eigenvalue weighted by Gasteiger charge is 2.23. The second kappa shape index (κ2) is 4.93. The first-order valence-electron chi connectivity index (χ1n) is 6.36. The summed E-state index contributed by atoms with van der Waals surface area (Å²) in [6.45, 7) is 6.81. The summed E-state index contributed by atoms with van der Waals surface area (Å²) < 4.78 is 12.6. The summed E-state index contributed by atoms with van der Waals surface area (Å²) in [7, 11) is 0. The van der Waals surface area contributed by atoms with Crippen LogP contribution in [0.15, 0.2) is 35.5 Å². The van der Waals surface area contributed by atoms with Gasteiger partial charge in [0.05, 0.1) is 25.0 Å². The van der Waals surface area contributed by atoms with Gasteiger partial charge in [-0.15, -0.1) is 6.58 Å². The molecule has 100 valence electrons. The summed E-state index contributed by atoms with van der Waals surface area (Å²) in [6, 6.07) is 3.67. The summed E-state index contributed by atoms with van der Waals surface area (Å²) in [4.78, 5) is 14.4. The van der Waals surface area contributed by atoms with Crippen LogP contribution in [-0.2, 0) is 11.3 Å². The Balaban J connectivity index is 1.98. The predicted octanol–water partition coefficient (Wildman–Crippen LogP) is 1.89. The van der Waals surface area contributed by atoms with Gasteiger partial charge >= 0.3 is 0 Å². The molecule has 0 aromatic carbocycles. The molecule has 1 fully saturated rings.